The van der Waals surface area contributed by atoms with Gasteiger partial charge in [0.15, 0.2) is 0 Å². The molecule has 1 heterocycles. The quantitative estimate of drug-likeness (QED) is 0.763. The number of likely N-dealkylation sites (tertiary alicyclic amines) is 1. The number of rotatable bonds is 5. The second kappa shape index (κ2) is 6.11. The molecule has 0 aliphatic carbocycles. The molecular weight excluding hydrogens is 190 g/mol. The molecule has 1 rings (SSSR count). The fourth-order valence-electron chi connectivity index (χ4n) is 2.41. The van der Waals surface area contributed by atoms with Crippen molar-refractivity contribution in [2.75, 3.05) is 6.54 Å². The molecule has 3 nitrogen and oxygen atoms in total. The second-order valence-electron chi connectivity index (χ2n) is 4.58. The Morgan fingerprint density at radius 2 is 2.27 bits per heavy atom. The van der Waals surface area contributed by atoms with Gasteiger partial charge in [0.25, 0.3) is 0 Å². The van der Waals surface area contributed by atoms with E-state index < -0.39 is 5.97 Å². The van der Waals surface area contributed by atoms with Crippen molar-refractivity contribution in [1.82, 2.24) is 4.90 Å². The number of carboxylic acid groups (broad SMARTS) is 1. The minimum atomic E-state index is -0.641. The summed E-state index contributed by atoms with van der Waals surface area (Å²) in [4.78, 5) is 13.4. The first-order chi connectivity index (χ1) is 7.16. The molecule has 0 aromatic carbocycles. The standard InChI is InChI=1S/C12H23NO2/c1-3-4-8-11(12(14)15)13-9-6-5-7-10(13)2/h10-11H,3-9H2,1-2H3,(H,14,15). The second-order valence-corrected chi connectivity index (χ2v) is 4.58. The Balaban J connectivity index is 2.56. The van der Waals surface area contributed by atoms with Gasteiger partial charge < -0.3 is 5.11 Å². The number of carboxylic acids is 1. The molecule has 0 aromatic rings. The van der Waals surface area contributed by atoms with Crippen molar-refractivity contribution in [2.24, 2.45) is 0 Å². The molecule has 0 amide bonds. The highest BCUT2D eigenvalue weighted by Crippen LogP contribution is 2.21. The van der Waals surface area contributed by atoms with Crippen LogP contribution in [-0.4, -0.2) is 34.6 Å². The Kier molecular flexibility index (Phi) is 5.09. The van der Waals surface area contributed by atoms with Crippen molar-refractivity contribution in [3.63, 3.8) is 0 Å². The Bertz CT molecular complexity index is 206. The van der Waals surface area contributed by atoms with Crippen LogP contribution in [0.2, 0.25) is 0 Å². The zero-order valence-corrected chi connectivity index (χ0v) is 9.91. The number of aliphatic carboxylic acids is 1. The van der Waals surface area contributed by atoms with Crippen LogP contribution in [0.15, 0.2) is 0 Å². The maximum atomic E-state index is 11.2. The smallest absolute Gasteiger partial charge is 0.320 e. The lowest BCUT2D eigenvalue weighted by atomic mass is 9.98. The summed E-state index contributed by atoms with van der Waals surface area (Å²) in [5.41, 5.74) is 0. The van der Waals surface area contributed by atoms with Crippen molar-refractivity contribution >= 4 is 5.97 Å². The summed E-state index contributed by atoms with van der Waals surface area (Å²) in [5.74, 6) is -0.641. The van der Waals surface area contributed by atoms with E-state index in [0.29, 0.717) is 6.04 Å². The van der Waals surface area contributed by atoms with Gasteiger partial charge in [0.05, 0.1) is 0 Å². The molecule has 2 unspecified atom stereocenters. The molecule has 0 aromatic heterocycles. The molecule has 15 heavy (non-hydrogen) atoms. The summed E-state index contributed by atoms with van der Waals surface area (Å²) < 4.78 is 0. The third kappa shape index (κ3) is 3.49. The first kappa shape index (κ1) is 12.5. The highest BCUT2D eigenvalue weighted by molar-refractivity contribution is 5.73. The van der Waals surface area contributed by atoms with Gasteiger partial charge in [0, 0.05) is 6.04 Å². The molecule has 0 radical (unpaired) electrons. The van der Waals surface area contributed by atoms with Gasteiger partial charge in [-0.1, -0.05) is 26.2 Å². The highest BCUT2D eigenvalue weighted by Gasteiger charge is 2.30. The summed E-state index contributed by atoms with van der Waals surface area (Å²) in [6.07, 6.45) is 6.44. The summed E-state index contributed by atoms with van der Waals surface area (Å²) in [6, 6.07) is 0.192. The van der Waals surface area contributed by atoms with Crippen molar-refractivity contribution in [3.05, 3.63) is 0 Å². The summed E-state index contributed by atoms with van der Waals surface area (Å²) in [7, 11) is 0. The first-order valence-electron chi connectivity index (χ1n) is 6.15. The summed E-state index contributed by atoms with van der Waals surface area (Å²) >= 11 is 0. The van der Waals surface area contributed by atoms with Crippen molar-refractivity contribution in [1.29, 1.82) is 0 Å². The minimum absolute atomic E-state index is 0.250. The average molecular weight is 213 g/mol. The molecule has 1 saturated heterocycles. The SMILES string of the molecule is CCCCC(C(=O)O)N1CCCCC1C. The zero-order chi connectivity index (χ0) is 11.3. The van der Waals surface area contributed by atoms with Gasteiger partial charge in [0.1, 0.15) is 6.04 Å². The van der Waals surface area contributed by atoms with Crippen LogP contribution >= 0.6 is 0 Å². The number of unbranched alkanes of at least 4 members (excludes halogenated alkanes) is 1. The van der Waals surface area contributed by atoms with E-state index >= 15 is 0 Å². The van der Waals surface area contributed by atoms with Gasteiger partial charge in [-0.15, -0.1) is 0 Å². The zero-order valence-electron chi connectivity index (χ0n) is 9.91. The van der Waals surface area contributed by atoms with Gasteiger partial charge in [-0.25, -0.2) is 0 Å². The van der Waals surface area contributed by atoms with Crippen LogP contribution in [0, 0.1) is 0 Å². The van der Waals surface area contributed by atoms with Crippen LogP contribution in [-0.2, 0) is 4.79 Å². The normalized spacial score (nSPS) is 25.1. The Labute approximate surface area is 92.5 Å². The largest absolute Gasteiger partial charge is 0.480 e. The fraction of sp³-hybridized carbons (Fsp3) is 0.917. The topological polar surface area (TPSA) is 40.5 Å². The third-order valence-corrected chi connectivity index (χ3v) is 3.37. The van der Waals surface area contributed by atoms with Crippen LogP contribution in [0.5, 0.6) is 0 Å². The summed E-state index contributed by atoms with van der Waals surface area (Å²) in [5, 5.41) is 9.23. The van der Waals surface area contributed by atoms with Gasteiger partial charge in [-0.3, -0.25) is 9.69 Å². The summed E-state index contributed by atoms with van der Waals surface area (Å²) in [6.45, 7) is 5.22. The molecule has 0 saturated carbocycles. The van der Waals surface area contributed by atoms with Crippen molar-refractivity contribution in [2.45, 2.75) is 64.5 Å². The van der Waals surface area contributed by atoms with Gasteiger partial charge in [0.2, 0.25) is 0 Å². The number of hydrogen-bond donors (Lipinski definition) is 1. The molecule has 2 atom stereocenters. The van der Waals surface area contributed by atoms with Crippen LogP contribution in [0.25, 0.3) is 0 Å². The number of nitrogens with zero attached hydrogens (tertiary/aromatic N) is 1. The molecular formula is C12H23NO2. The molecule has 88 valence electrons. The Morgan fingerprint density at radius 3 is 2.80 bits per heavy atom. The number of piperidine rings is 1. The third-order valence-electron chi connectivity index (χ3n) is 3.37. The maximum Gasteiger partial charge on any atom is 0.320 e. The molecule has 3 heteroatoms. The molecule has 1 N–H and O–H groups in total. The fourth-order valence-corrected chi connectivity index (χ4v) is 2.41. The lowest BCUT2D eigenvalue weighted by Gasteiger charge is -2.37. The molecule has 1 fully saturated rings. The van der Waals surface area contributed by atoms with Gasteiger partial charge >= 0.3 is 5.97 Å². The minimum Gasteiger partial charge on any atom is -0.480 e. The molecule has 1 aliphatic heterocycles. The Hall–Kier alpha value is -0.570. The van der Waals surface area contributed by atoms with Crippen LogP contribution in [0.1, 0.15) is 52.4 Å². The van der Waals surface area contributed by atoms with E-state index in [-0.39, 0.29) is 6.04 Å². The number of hydrogen-bond acceptors (Lipinski definition) is 2. The van der Waals surface area contributed by atoms with E-state index in [4.69, 9.17) is 0 Å². The van der Waals surface area contributed by atoms with Gasteiger partial charge in [-0.2, -0.15) is 0 Å². The maximum absolute atomic E-state index is 11.2. The van der Waals surface area contributed by atoms with Crippen LogP contribution in [0.4, 0.5) is 0 Å². The van der Waals surface area contributed by atoms with Crippen LogP contribution in [0.3, 0.4) is 0 Å². The van der Waals surface area contributed by atoms with Crippen LogP contribution < -0.4 is 0 Å². The molecule has 1 aliphatic rings. The monoisotopic (exact) mass is 213 g/mol. The first-order valence-corrected chi connectivity index (χ1v) is 6.15. The van der Waals surface area contributed by atoms with Crippen molar-refractivity contribution < 1.29 is 9.90 Å². The molecule has 0 bridgehead atoms. The van der Waals surface area contributed by atoms with E-state index in [2.05, 4.69) is 18.7 Å². The lowest BCUT2D eigenvalue weighted by Crippen LogP contribution is -2.48. The molecule has 0 spiro atoms. The number of carbonyl (C=O) groups is 1. The van der Waals surface area contributed by atoms with E-state index in [0.717, 1.165) is 38.6 Å². The highest BCUT2D eigenvalue weighted by atomic mass is 16.4. The predicted molar refractivity (Wildman–Crippen MR) is 61.0 cm³/mol. The van der Waals surface area contributed by atoms with E-state index in [1.54, 1.807) is 0 Å². The lowest BCUT2D eigenvalue weighted by molar-refractivity contribution is -0.145. The van der Waals surface area contributed by atoms with Gasteiger partial charge in [-0.05, 0) is 32.7 Å². The van der Waals surface area contributed by atoms with E-state index in [9.17, 15) is 9.90 Å². The predicted octanol–water partition coefficient (Wildman–Crippen LogP) is 2.50. The Morgan fingerprint density at radius 1 is 1.53 bits per heavy atom. The average Bonchev–Trinajstić information content (AvgIpc) is 2.20. The van der Waals surface area contributed by atoms with Crippen molar-refractivity contribution in [3.8, 4) is 0 Å². The van der Waals surface area contributed by atoms with E-state index in [1.165, 1.54) is 6.42 Å². The van der Waals surface area contributed by atoms with E-state index in [1.807, 2.05) is 0 Å².